The number of rotatable bonds is 8. The number of carbonyl (C=O) groups is 1. The van der Waals surface area contributed by atoms with Crippen LogP contribution in [0.5, 0.6) is 0 Å². The summed E-state index contributed by atoms with van der Waals surface area (Å²) in [4.78, 5) is 13.4. The molecule has 36 heavy (non-hydrogen) atoms. The second kappa shape index (κ2) is 10.4. The highest BCUT2D eigenvalue weighted by atomic mass is 35.5. The molecule has 0 aliphatic heterocycles. The van der Waals surface area contributed by atoms with E-state index >= 15 is 0 Å². The van der Waals surface area contributed by atoms with Crippen LogP contribution in [0.2, 0.25) is 5.02 Å². The second-order valence-electron chi connectivity index (χ2n) is 9.05. The molecule has 4 aromatic rings. The number of benzene rings is 3. The summed E-state index contributed by atoms with van der Waals surface area (Å²) in [5.41, 5.74) is 5.48. The van der Waals surface area contributed by atoms with E-state index in [0.717, 1.165) is 42.8 Å². The number of nitrogens with one attached hydrogen (secondary N) is 1. The molecule has 0 aliphatic carbocycles. The summed E-state index contributed by atoms with van der Waals surface area (Å²) in [7, 11) is -3.71. The Morgan fingerprint density at radius 3 is 2.14 bits per heavy atom. The van der Waals surface area contributed by atoms with Crippen molar-refractivity contribution in [3.8, 4) is 0 Å². The molecule has 4 nitrogen and oxygen atoms in total. The Morgan fingerprint density at radius 1 is 0.944 bits per heavy atom. The first-order valence-corrected chi connectivity index (χ1v) is 14.5. The third kappa shape index (κ3) is 5.70. The van der Waals surface area contributed by atoms with E-state index in [1.807, 2.05) is 51.1 Å². The number of fused-ring (bicyclic) bond motifs is 1. The van der Waals surface area contributed by atoms with E-state index in [1.54, 1.807) is 24.3 Å². The van der Waals surface area contributed by atoms with Gasteiger partial charge in [0.25, 0.3) is 10.0 Å². The van der Waals surface area contributed by atoms with Gasteiger partial charge in [-0.3, -0.25) is 9.52 Å². The summed E-state index contributed by atoms with van der Waals surface area (Å²) in [5, 5.41) is 1.39. The Bertz CT molecular complexity index is 1580. The van der Waals surface area contributed by atoms with Crippen LogP contribution in [-0.4, -0.2) is 19.1 Å². The van der Waals surface area contributed by atoms with Gasteiger partial charge in [0, 0.05) is 34.7 Å². The number of ketones is 1. The van der Waals surface area contributed by atoms with Gasteiger partial charge in [0.05, 0.1) is 20.5 Å². The SMILES string of the molecule is CC(=O)c1sc2cc(CC(=S)Cc3ccc(S(=O)(=O)Nc4c(C)cc(C)cc4C)cc3)ccc2c1Cl. The molecule has 4 rings (SSSR count). The molecular formula is C28H26ClNO3S3. The highest BCUT2D eigenvalue weighted by Gasteiger charge is 2.18. The van der Waals surface area contributed by atoms with E-state index < -0.39 is 10.0 Å². The lowest BCUT2D eigenvalue weighted by Crippen LogP contribution is -2.15. The molecule has 186 valence electrons. The first kappa shape index (κ1) is 26.5. The molecule has 0 radical (unpaired) electrons. The molecule has 0 unspecified atom stereocenters. The summed E-state index contributed by atoms with van der Waals surface area (Å²) in [6, 6.07) is 16.7. The zero-order valence-corrected chi connectivity index (χ0v) is 23.6. The van der Waals surface area contributed by atoms with Gasteiger partial charge in [0.2, 0.25) is 0 Å². The average Bonchev–Trinajstić information content (AvgIpc) is 3.12. The number of halogens is 1. The molecule has 0 spiro atoms. The molecule has 0 atom stereocenters. The predicted molar refractivity (Wildman–Crippen MR) is 155 cm³/mol. The van der Waals surface area contributed by atoms with Crippen LogP contribution in [0, 0.1) is 20.8 Å². The van der Waals surface area contributed by atoms with Gasteiger partial charge in [-0.25, -0.2) is 8.42 Å². The van der Waals surface area contributed by atoms with E-state index in [-0.39, 0.29) is 10.7 Å². The normalized spacial score (nSPS) is 11.6. The fourth-order valence-corrected chi connectivity index (χ4v) is 7.34. The third-order valence-corrected chi connectivity index (χ3v) is 9.38. The monoisotopic (exact) mass is 555 g/mol. The number of aryl methyl sites for hydroxylation is 3. The number of Topliss-reactive ketones (excluding diaryl/α,β-unsaturated/α-hetero) is 1. The van der Waals surface area contributed by atoms with Crippen LogP contribution in [0.15, 0.2) is 59.5 Å². The second-order valence-corrected chi connectivity index (χ2v) is 12.7. The van der Waals surface area contributed by atoms with Crippen molar-refractivity contribution < 1.29 is 13.2 Å². The largest absolute Gasteiger partial charge is 0.294 e. The van der Waals surface area contributed by atoms with Crippen molar-refractivity contribution in [1.82, 2.24) is 0 Å². The Balaban J connectivity index is 1.45. The topological polar surface area (TPSA) is 63.2 Å². The van der Waals surface area contributed by atoms with Gasteiger partial charge in [-0.1, -0.05) is 65.8 Å². The van der Waals surface area contributed by atoms with Crippen LogP contribution in [0.25, 0.3) is 10.1 Å². The number of thiocarbonyl (C=S) groups is 1. The summed E-state index contributed by atoms with van der Waals surface area (Å²) in [5.74, 6) is -0.0388. The van der Waals surface area contributed by atoms with Gasteiger partial charge < -0.3 is 0 Å². The van der Waals surface area contributed by atoms with Gasteiger partial charge >= 0.3 is 0 Å². The van der Waals surface area contributed by atoms with Crippen molar-refractivity contribution in [3.63, 3.8) is 0 Å². The van der Waals surface area contributed by atoms with Crippen LogP contribution in [-0.2, 0) is 22.9 Å². The van der Waals surface area contributed by atoms with Crippen LogP contribution in [0.1, 0.15) is 44.4 Å². The Hall–Kier alpha value is -2.58. The zero-order valence-electron chi connectivity index (χ0n) is 20.4. The van der Waals surface area contributed by atoms with Crippen molar-refractivity contribution in [2.24, 2.45) is 0 Å². The lowest BCUT2D eigenvalue weighted by molar-refractivity contribution is 0.102. The number of hydrogen-bond donors (Lipinski definition) is 1. The molecule has 1 heterocycles. The van der Waals surface area contributed by atoms with Crippen molar-refractivity contribution in [2.75, 3.05) is 4.72 Å². The van der Waals surface area contributed by atoms with Gasteiger partial charge in [0.1, 0.15) is 0 Å². The van der Waals surface area contributed by atoms with Crippen LogP contribution >= 0.6 is 35.2 Å². The maximum Gasteiger partial charge on any atom is 0.261 e. The molecule has 8 heteroatoms. The maximum absolute atomic E-state index is 13.0. The first-order chi connectivity index (χ1) is 16.9. The minimum Gasteiger partial charge on any atom is -0.294 e. The van der Waals surface area contributed by atoms with Crippen molar-refractivity contribution in [3.05, 3.63) is 92.3 Å². The lowest BCUT2D eigenvalue weighted by atomic mass is 10.0. The van der Waals surface area contributed by atoms with Crippen LogP contribution in [0.4, 0.5) is 5.69 Å². The fraction of sp³-hybridized carbons (Fsp3) is 0.214. The van der Waals surface area contributed by atoms with Gasteiger partial charge in [-0.2, -0.15) is 0 Å². The van der Waals surface area contributed by atoms with Crippen molar-refractivity contribution in [2.45, 2.75) is 45.4 Å². The zero-order chi connectivity index (χ0) is 26.2. The minimum absolute atomic E-state index is 0.0388. The van der Waals surface area contributed by atoms with Gasteiger partial charge in [-0.15, -0.1) is 11.3 Å². The van der Waals surface area contributed by atoms with E-state index in [2.05, 4.69) is 4.72 Å². The van der Waals surface area contributed by atoms with E-state index in [0.29, 0.717) is 28.4 Å². The lowest BCUT2D eigenvalue weighted by Gasteiger charge is -2.14. The van der Waals surface area contributed by atoms with Gasteiger partial charge in [-0.05, 0) is 61.2 Å². The fourth-order valence-electron chi connectivity index (χ4n) is 4.28. The Labute approximate surface area is 226 Å². The predicted octanol–water partition coefficient (Wildman–Crippen LogP) is 7.64. The van der Waals surface area contributed by atoms with Gasteiger partial charge in [0.15, 0.2) is 5.78 Å². The van der Waals surface area contributed by atoms with E-state index in [9.17, 15) is 13.2 Å². The molecule has 0 amide bonds. The Morgan fingerprint density at radius 2 is 1.53 bits per heavy atom. The molecule has 3 aromatic carbocycles. The maximum atomic E-state index is 13.0. The molecule has 0 saturated heterocycles. The van der Waals surface area contributed by atoms with Crippen molar-refractivity contribution in [1.29, 1.82) is 0 Å². The molecular weight excluding hydrogens is 530 g/mol. The molecule has 0 fully saturated rings. The van der Waals surface area contributed by atoms with E-state index in [4.69, 9.17) is 23.8 Å². The van der Waals surface area contributed by atoms with Crippen LogP contribution < -0.4 is 4.72 Å². The van der Waals surface area contributed by atoms with E-state index in [1.165, 1.54) is 18.3 Å². The molecule has 0 aliphatic rings. The van der Waals surface area contributed by atoms with Crippen molar-refractivity contribution >= 4 is 71.6 Å². The molecule has 0 bridgehead atoms. The third-order valence-electron chi connectivity index (χ3n) is 5.96. The highest BCUT2D eigenvalue weighted by molar-refractivity contribution is 7.92. The first-order valence-electron chi connectivity index (χ1n) is 11.4. The summed E-state index contributed by atoms with van der Waals surface area (Å²) in [6.07, 6.45) is 1.16. The number of carbonyl (C=O) groups excluding carboxylic acids is 1. The highest BCUT2D eigenvalue weighted by Crippen LogP contribution is 2.36. The Kier molecular flexibility index (Phi) is 7.67. The smallest absolute Gasteiger partial charge is 0.261 e. The summed E-state index contributed by atoms with van der Waals surface area (Å²) in [6.45, 7) is 7.30. The quantitative estimate of drug-likeness (QED) is 0.179. The van der Waals surface area contributed by atoms with Crippen LogP contribution in [0.3, 0.4) is 0 Å². The number of thiophene rings is 1. The average molecular weight is 556 g/mol. The summed E-state index contributed by atoms with van der Waals surface area (Å²) >= 11 is 13.4. The number of sulfonamides is 1. The number of hydrogen-bond acceptors (Lipinski definition) is 5. The molecule has 1 aromatic heterocycles. The number of anilines is 1. The standard InChI is InChI=1S/C28H26ClNO3S3/c1-16-11-17(2)27(18(3)12-16)30-36(32,33)23-8-5-20(6-9-23)13-22(34)14-21-7-10-24-25(15-21)35-28(19(4)31)26(24)29/h5-12,15,30H,13-14H2,1-4H3. The molecule has 0 saturated carbocycles. The molecule has 1 N–H and O–H groups in total. The minimum atomic E-state index is -3.71. The summed E-state index contributed by atoms with van der Waals surface area (Å²) < 4.78 is 29.6.